The zero-order valence-corrected chi connectivity index (χ0v) is 12.4. The molecule has 1 saturated carbocycles. The molecule has 1 aromatic rings. The fraction of sp³-hybridized carbons (Fsp3) is 0.600. The summed E-state index contributed by atoms with van der Waals surface area (Å²) in [6.45, 7) is 0. The van der Waals surface area contributed by atoms with Crippen molar-refractivity contribution < 1.29 is 13.6 Å². The van der Waals surface area contributed by atoms with E-state index in [1.165, 1.54) is 16.2 Å². The minimum Gasteiger partial charge on any atom is -0.316 e. The SMILES string of the molecule is N#Cc1c(NC(=O)C2CCC(F)(F)CC2)sc2c1CCC2. The second kappa shape index (κ2) is 5.38. The summed E-state index contributed by atoms with van der Waals surface area (Å²) < 4.78 is 26.2. The Kier molecular flexibility index (Phi) is 3.70. The van der Waals surface area contributed by atoms with Crippen LogP contribution in [0.25, 0.3) is 0 Å². The van der Waals surface area contributed by atoms with Crippen LogP contribution in [0.4, 0.5) is 13.8 Å². The van der Waals surface area contributed by atoms with Crippen LogP contribution in [0.2, 0.25) is 0 Å². The highest BCUT2D eigenvalue weighted by molar-refractivity contribution is 7.16. The summed E-state index contributed by atoms with van der Waals surface area (Å²) in [6, 6.07) is 2.17. The number of nitriles is 1. The second-order valence-corrected chi connectivity index (χ2v) is 6.90. The van der Waals surface area contributed by atoms with E-state index >= 15 is 0 Å². The van der Waals surface area contributed by atoms with Gasteiger partial charge in [-0.2, -0.15) is 5.26 Å². The van der Waals surface area contributed by atoms with Crippen LogP contribution in [-0.4, -0.2) is 11.8 Å². The number of carbonyl (C=O) groups excluding carboxylic acids is 1. The van der Waals surface area contributed by atoms with Crippen LogP contribution < -0.4 is 5.32 Å². The van der Waals surface area contributed by atoms with E-state index in [1.54, 1.807) is 0 Å². The number of nitrogens with one attached hydrogen (secondary N) is 1. The molecule has 0 aliphatic heterocycles. The molecule has 3 rings (SSSR count). The normalized spacial score (nSPS) is 20.8. The first-order chi connectivity index (χ1) is 10.00. The molecule has 2 aliphatic carbocycles. The number of rotatable bonds is 2. The molecular weight excluding hydrogens is 294 g/mol. The van der Waals surface area contributed by atoms with Gasteiger partial charge in [0.2, 0.25) is 11.8 Å². The van der Waals surface area contributed by atoms with Crippen LogP contribution in [0.15, 0.2) is 0 Å². The van der Waals surface area contributed by atoms with E-state index in [1.807, 2.05) is 0 Å². The van der Waals surface area contributed by atoms with Crippen molar-refractivity contribution in [2.24, 2.45) is 5.92 Å². The number of alkyl halides is 2. The van der Waals surface area contributed by atoms with Gasteiger partial charge in [0.25, 0.3) is 0 Å². The lowest BCUT2D eigenvalue weighted by Gasteiger charge is -2.27. The Labute approximate surface area is 126 Å². The minimum atomic E-state index is -2.63. The predicted molar refractivity (Wildman–Crippen MR) is 76.6 cm³/mol. The lowest BCUT2D eigenvalue weighted by Crippen LogP contribution is -2.31. The van der Waals surface area contributed by atoms with Crippen molar-refractivity contribution in [1.29, 1.82) is 5.26 Å². The maximum Gasteiger partial charge on any atom is 0.248 e. The third kappa shape index (κ3) is 2.80. The molecule has 0 spiro atoms. The highest BCUT2D eigenvalue weighted by Crippen LogP contribution is 2.40. The molecule has 0 aromatic carbocycles. The summed E-state index contributed by atoms with van der Waals surface area (Å²) in [5.74, 6) is -3.21. The smallest absolute Gasteiger partial charge is 0.248 e. The molecule has 0 atom stereocenters. The molecule has 1 heterocycles. The van der Waals surface area contributed by atoms with Gasteiger partial charge in [-0.1, -0.05) is 0 Å². The molecule has 112 valence electrons. The van der Waals surface area contributed by atoms with Gasteiger partial charge in [0.1, 0.15) is 11.1 Å². The first-order valence-corrected chi connectivity index (χ1v) is 8.05. The maximum atomic E-state index is 13.1. The minimum absolute atomic E-state index is 0.214. The molecule has 1 N–H and O–H groups in total. The van der Waals surface area contributed by atoms with Gasteiger partial charge in [-0.15, -0.1) is 11.3 Å². The Bertz CT molecular complexity index is 608. The lowest BCUT2D eigenvalue weighted by molar-refractivity contribution is -0.123. The number of thiophene rings is 1. The first kappa shape index (κ1) is 14.5. The van der Waals surface area contributed by atoms with E-state index < -0.39 is 5.92 Å². The molecule has 1 amide bonds. The maximum absolute atomic E-state index is 13.1. The first-order valence-electron chi connectivity index (χ1n) is 7.23. The molecule has 3 nitrogen and oxygen atoms in total. The number of hydrogen-bond donors (Lipinski definition) is 1. The van der Waals surface area contributed by atoms with Crippen LogP contribution in [0.1, 0.15) is 48.1 Å². The van der Waals surface area contributed by atoms with E-state index in [2.05, 4.69) is 11.4 Å². The van der Waals surface area contributed by atoms with Gasteiger partial charge in [0.05, 0.1) is 5.56 Å². The van der Waals surface area contributed by atoms with Crippen molar-refractivity contribution in [3.63, 3.8) is 0 Å². The van der Waals surface area contributed by atoms with Gasteiger partial charge in [0.15, 0.2) is 0 Å². The molecule has 6 heteroatoms. The summed E-state index contributed by atoms with van der Waals surface area (Å²) in [4.78, 5) is 13.4. The van der Waals surface area contributed by atoms with Gasteiger partial charge in [-0.3, -0.25) is 4.79 Å². The summed E-state index contributed by atoms with van der Waals surface area (Å²) in [7, 11) is 0. The average molecular weight is 310 g/mol. The third-order valence-electron chi connectivity index (χ3n) is 4.36. The zero-order valence-electron chi connectivity index (χ0n) is 11.5. The Morgan fingerprint density at radius 1 is 1.33 bits per heavy atom. The number of nitrogens with zero attached hydrogens (tertiary/aromatic N) is 1. The fourth-order valence-electron chi connectivity index (χ4n) is 3.13. The van der Waals surface area contributed by atoms with Crippen LogP contribution in [0.5, 0.6) is 0 Å². The Hall–Kier alpha value is -1.48. The van der Waals surface area contributed by atoms with E-state index in [0.29, 0.717) is 10.6 Å². The van der Waals surface area contributed by atoms with Gasteiger partial charge >= 0.3 is 0 Å². The van der Waals surface area contributed by atoms with Gasteiger partial charge in [-0.25, -0.2) is 8.78 Å². The fourth-order valence-corrected chi connectivity index (χ4v) is 4.37. The molecule has 1 fully saturated rings. The molecule has 0 radical (unpaired) electrons. The van der Waals surface area contributed by atoms with E-state index in [9.17, 15) is 18.8 Å². The Morgan fingerprint density at radius 3 is 2.71 bits per heavy atom. The Morgan fingerprint density at radius 2 is 2.05 bits per heavy atom. The standard InChI is InChI=1S/C15H16F2N2OS/c16-15(17)6-4-9(5-7-15)13(20)19-14-11(8-18)10-2-1-3-12(10)21-14/h9H,1-7H2,(H,19,20). The average Bonchev–Trinajstić information content (AvgIpc) is 2.98. The lowest BCUT2D eigenvalue weighted by atomic mass is 9.86. The van der Waals surface area contributed by atoms with Gasteiger partial charge in [0, 0.05) is 23.6 Å². The van der Waals surface area contributed by atoms with E-state index in [-0.39, 0.29) is 37.5 Å². The number of fused-ring (bicyclic) bond motifs is 1. The van der Waals surface area contributed by atoms with E-state index in [4.69, 9.17) is 0 Å². The summed E-state index contributed by atoms with van der Waals surface area (Å²) in [6.07, 6.45) is 2.88. The van der Waals surface area contributed by atoms with Gasteiger partial charge < -0.3 is 5.32 Å². The van der Waals surface area contributed by atoms with Crippen LogP contribution in [0.3, 0.4) is 0 Å². The monoisotopic (exact) mass is 310 g/mol. The molecule has 0 bridgehead atoms. The third-order valence-corrected chi connectivity index (χ3v) is 5.56. The topological polar surface area (TPSA) is 52.9 Å². The summed E-state index contributed by atoms with van der Waals surface area (Å²) in [5.41, 5.74) is 1.63. The van der Waals surface area contributed by atoms with Crippen LogP contribution in [0, 0.1) is 17.2 Å². The number of halogens is 2. The molecule has 2 aliphatic rings. The van der Waals surface area contributed by atoms with Crippen LogP contribution in [-0.2, 0) is 17.6 Å². The molecule has 0 unspecified atom stereocenters. The highest BCUT2D eigenvalue weighted by Gasteiger charge is 2.37. The number of amides is 1. The van der Waals surface area contributed by atoms with Crippen molar-refractivity contribution in [2.75, 3.05) is 5.32 Å². The van der Waals surface area contributed by atoms with Crippen LogP contribution >= 0.6 is 11.3 Å². The Balaban J connectivity index is 1.70. The molecule has 1 aromatic heterocycles. The van der Waals surface area contributed by atoms with Crippen molar-refractivity contribution in [3.05, 3.63) is 16.0 Å². The summed E-state index contributed by atoms with van der Waals surface area (Å²) >= 11 is 1.46. The highest BCUT2D eigenvalue weighted by atomic mass is 32.1. The van der Waals surface area contributed by atoms with Crippen molar-refractivity contribution >= 4 is 22.2 Å². The van der Waals surface area contributed by atoms with E-state index in [0.717, 1.165) is 24.8 Å². The zero-order chi connectivity index (χ0) is 15.0. The van der Waals surface area contributed by atoms with Crippen molar-refractivity contribution in [2.45, 2.75) is 50.9 Å². The second-order valence-electron chi connectivity index (χ2n) is 5.79. The van der Waals surface area contributed by atoms with Crippen molar-refractivity contribution in [3.8, 4) is 6.07 Å². The number of anilines is 1. The largest absolute Gasteiger partial charge is 0.316 e. The van der Waals surface area contributed by atoms with Crippen molar-refractivity contribution in [1.82, 2.24) is 0 Å². The van der Waals surface area contributed by atoms with Gasteiger partial charge in [-0.05, 0) is 37.7 Å². The number of carbonyl (C=O) groups is 1. The summed E-state index contributed by atoms with van der Waals surface area (Å²) in [5, 5.41) is 12.7. The number of hydrogen-bond acceptors (Lipinski definition) is 3. The predicted octanol–water partition coefficient (Wildman–Crippen LogP) is 3.87. The quantitative estimate of drug-likeness (QED) is 0.901. The molecule has 0 saturated heterocycles. The molecular formula is C15H16F2N2OS. The number of aryl methyl sites for hydroxylation is 1. The molecule has 21 heavy (non-hydrogen) atoms.